The minimum absolute atomic E-state index is 0.124. The number of amides is 2. The Morgan fingerprint density at radius 1 is 0.846 bits per heavy atom. The van der Waals surface area contributed by atoms with Crippen molar-refractivity contribution in [3.8, 4) is 5.75 Å². The number of hydrogen-bond donors (Lipinski definition) is 1. The molecule has 0 saturated carbocycles. The van der Waals surface area contributed by atoms with Crippen molar-refractivity contribution in [1.82, 2.24) is 0 Å². The van der Waals surface area contributed by atoms with Crippen LogP contribution in [0.25, 0.3) is 6.08 Å². The molecule has 2 aliphatic heterocycles. The van der Waals surface area contributed by atoms with Gasteiger partial charge in [-0.05, 0) is 82.1 Å². The summed E-state index contributed by atoms with van der Waals surface area (Å²) in [7, 11) is -2.88. The molecule has 6 nitrogen and oxygen atoms in total. The summed E-state index contributed by atoms with van der Waals surface area (Å²) in [6.07, 6.45) is 5.00. The average Bonchev–Trinajstić information content (AvgIpc) is 3.69. The van der Waals surface area contributed by atoms with E-state index in [0.29, 0.717) is 25.3 Å². The number of phenols is 1. The first-order valence-corrected chi connectivity index (χ1v) is 20.5. The smallest absolute Gasteiger partial charge is 0.261 e. The molecule has 3 aliphatic rings. The van der Waals surface area contributed by atoms with Crippen LogP contribution in [0.2, 0.25) is 5.04 Å². The van der Waals surface area contributed by atoms with Crippen LogP contribution >= 0.6 is 0 Å². The highest BCUT2D eigenvalue weighted by Crippen LogP contribution is 2.51. The van der Waals surface area contributed by atoms with Crippen molar-refractivity contribution in [3.63, 3.8) is 0 Å². The summed E-state index contributed by atoms with van der Waals surface area (Å²) in [5.41, 5.74) is 5.24. The van der Waals surface area contributed by atoms with Gasteiger partial charge in [-0.3, -0.25) is 14.5 Å². The molecule has 2 heterocycles. The zero-order valence-corrected chi connectivity index (χ0v) is 31.6. The molecular formula is C45H49NO5Si. The number of ether oxygens (including phenoxy) is 1. The van der Waals surface area contributed by atoms with Gasteiger partial charge in [-0.2, -0.15) is 0 Å². The minimum atomic E-state index is -2.88. The van der Waals surface area contributed by atoms with Crippen LogP contribution < -0.4 is 15.3 Å². The van der Waals surface area contributed by atoms with Gasteiger partial charge >= 0.3 is 0 Å². The molecule has 0 unspecified atom stereocenters. The third kappa shape index (κ3) is 6.62. The monoisotopic (exact) mass is 711 g/mol. The van der Waals surface area contributed by atoms with E-state index in [0.717, 1.165) is 36.0 Å². The van der Waals surface area contributed by atoms with Gasteiger partial charge in [-0.25, -0.2) is 0 Å². The number of carbonyl (C=O) groups excluding carboxylic acids is 2. The molecule has 268 valence electrons. The molecule has 7 heteroatoms. The Morgan fingerprint density at radius 3 is 2.02 bits per heavy atom. The van der Waals surface area contributed by atoms with Crippen molar-refractivity contribution in [2.45, 2.75) is 64.5 Å². The number of allylic oxidation sites excluding steroid dienone is 1. The quantitative estimate of drug-likeness (QED) is 0.0968. The van der Waals surface area contributed by atoms with E-state index in [2.05, 4.69) is 94.4 Å². The number of hydrogen-bond acceptors (Lipinski definition) is 5. The number of anilines is 1. The fraction of sp³-hybridized carbons (Fsp3) is 0.333. The molecule has 0 radical (unpaired) electrons. The highest BCUT2D eigenvalue weighted by molar-refractivity contribution is 6.99. The third-order valence-electron chi connectivity index (χ3n) is 11.3. The summed E-state index contributed by atoms with van der Waals surface area (Å²) >= 11 is 0. The van der Waals surface area contributed by atoms with Gasteiger partial charge in [0.05, 0.1) is 36.8 Å². The Hall–Kier alpha value is -4.56. The summed E-state index contributed by atoms with van der Waals surface area (Å²) in [5.74, 6) is -1.10. The number of imide groups is 1. The van der Waals surface area contributed by atoms with Crippen molar-refractivity contribution in [1.29, 1.82) is 0 Å². The number of fused-ring (bicyclic) bond motifs is 3. The van der Waals surface area contributed by atoms with E-state index in [1.807, 2.05) is 42.5 Å². The second-order valence-electron chi connectivity index (χ2n) is 15.4. The highest BCUT2D eigenvalue weighted by atomic mass is 28.4. The Morgan fingerprint density at radius 2 is 1.44 bits per heavy atom. The second kappa shape index (κ2) is 14.8. The van der Waals surface area contributed by atoms with E-state index in [9.17, 15) is 14.7 Å². The van der Waals surface area contributed by atoms with Crippen molar-refractivity contribution in [3.05, 3.63) is 138 Å². The van der Waals surface area contributed by atoms with Crippen LogP contribution in [0.15, 0.2) is 132 Å². The van der Waals surface area contributed by atoms with E-state index in [1.54, 1.807) is 12.1 Å². The molecule has 4 aromatic carbocycles. The number of phenolic OH excluding ortho intramolecular Hbond substituents is 1. The first-order chi connectivity index (χ1) is 25.1. The standard InChI is InChI=1S/C45H49NO5Si/c1-5-31(27-32-21-24-35(47)25-22-32)23-26-40-41-33(28-38-42(39(41)30-50-40)44(49)46(43(38)48)34-15-9-6-10-16-34)29-51-52(45(2,3)4,36-17-11-7-12-18-36)37-19-13-8-14-20-37/h6-22,24-25,27,38-40,42,47H,5,23,26,28-30H2,1-4H3/b31-27+/t38-,39+,40-,42-/m1/s1. The molecular weight excluding hydrogens is 663 g/mol. The zero-order valence-electron chi connectivity index (χ0n) is 30.6. The fourth-order valence-electron chi connectivity index (χ4n) is 8.87. The van der Waals surface area contributed by atoms with Gasteiger partial charge in [0.25, 0.3) is 8.32 Å². The Bertz CT molecular complexity index is 1910. The van der Waals surface area contributed by atoms with Crippen LogP contribution in [-0.2, 0) is 18.8 Å². The highest BCUT2D eigenvalue weighted by Gasteiger charge is 2.58. The molecule has 4 aromatic rings. The van der Waals surface area contributed by atoms with Crippen LogP contribution in [0.5, 0.6) is 5.75 Å². The number of rotatable bonds is 11. The number of carbonyl (C=O) groups is 2. The predicted octanol–water partition coefficient (Wildman–Crippen LogP) is 8.06. The molecule has 7 rings (SSSR count). The molecule has 0 aromatic heterocycles. The molecule has 52 heavy (non-hydrogen) atoms. The lowest BCUT2D eigenvalue weighted by Crippen LogP contribution is -2.66. The molecule has 2 fully saturated rings. The normalized spacial score (nSPS) is 22.2. The Kier molecular flexibility index (Phi) is 10.2. The summed E-state index contributed by atoms with van der Waals surface area (Å²) in [5, 5.41) is 12.0. The van der Waals surface area contributed by atoms with Crippen LogP contribution in [0.3, 0.4) is 0 Å². The predicted molar refractivity (Wildman–Crippen MR) is 210 cm³/mol. The molecule has 0 bridgehead atoms. The molecule has 1 aliphatic carbocycles. The van der Waals surface area contributed by atoms with Crippen molar-refractivity contribution in [2.75, 3.05) is 18.1 Å². The lowest BCUT2D eigenvalue weighted by atomic mass is 9.69. The van der Waals surface area contributed by atoms with Crippen molar-refractivity contribution < 1.29 is 23.9 Å². The van der Waals surface area contributed by atoms with Gasteiger partial charge in [0.2, 0.25) is 11.8 Å². The summed E-state index contributed by atoms with van der Waals surface area (Å²) in [6.45, 7) is 9.79. The molecule has 1 N–H and O–H groups in total. The zero-order chi connectivity index (χ0) is 36.5. The molecule has 4 atom stereocenters. The van der Waals surface area contributed by atoms with Gasteiger partial charge in [0.1, 0.15) is 5.75 Å². The Labute approximate surface area is 308 Å². The first-order valence-electron chi connectivity index (χ1n) is 18.6. The van der Waals surface area contributed by atoms with E-state index >= 15 is 0 Å². The summed E-state index contributed by atoms with van der Waals surface area (Å²) in [4.78, 5) is 29.9. The van der Waals surface area contributed by atoms with Gasteiger partial charge in [0.15, 0.2) is 0 Å². The minimum Gasteiger partial charge on any atom is -0.508 e. The van der Waals surface area contributed by atoms with Crippen LogP contribution in [0.1, 0.15) is 58.9 Å². The number of nitrogens with zero attached hydrogens (tertiary/aromatic N) is 1. The van der Waals surface area contributed by atoms with Gasteiger partial charge in [0, 0.05) is 5.92 Å². The van der Waals surface area contributed by atoms with Crippen molar-refractivity contribution in [2.24, 2.45) is 17.8 Å². The van der Waals surface area contributed by atoms with Crippen LogP contribution in [0, 0.1) is 17.8 Å². The third-order valence-corrected chi connectivity index (χ3v) is 16.3. The van der Waals surface area contributed by atoms with Crippen LogP contribution in [0.4, 0.5) is 5.69 Å². The van der Waals surface area contributed by atoms with Gasteiger partial charge in [-0.1, -0.05) is 130 Å². The van der Waals surface area contributed by atoms with E-state index in [-0.39, 0.29) is 34.6 Å². The van der Waals surface area contributed by atoms with Gasteiger partial charge in [-0.15, -0.1) is 0 Å². The average molecular weight is 712 g/mol. The first kappa shape index (κ1) is 35.8. The Balaban J connectivity index is 1.27. The molecule has 0 spiro atoms. The number of aromatic hydroxyl groups is 1. The summed E-state index contributed by atoms with van der Waals surface area (Å²) in [6, 6.07) is 37.9. The topological polar surface area (TPSA) is 76.1 Å². The largest absolute Gasteiger partial charge is 0.508 e. The van der Waals surface area contributed by atoms with E-state index < -0.39 is 20.2 Å². The molecule has 2 saturated heterocycles. The van der Waals surface area contributed by atoms with E-state index in [1.165, 1.54) is 20.8 Å². The van der Waals surface area contributed by atoms with E-state index in [4.69, 9.17) is 9.16 Å². The number of para-hydroxylation sites is 1. The lowest BCUT2D eigenvalue weighted by Gasteiger charge is -2.44. The van der Waals surface area contributed by atoms with Crippen molar-refractivity contribution >= 4 is 42.3 Å². The van der Waals surface area contributed by atoms with Crippen LogP contribution in [-0.4, -0.2) is 44.6 Å². The molecule has 2 amide bonds. The maximum atomic E-state index is 14.2. The number of benzene rings is 4. The maximum absolute atomic E-state index is 14.2. The fourth-order valence-corrected chi connectivity index (χ4v) is 13.4. The van der Waals surface area contributed by atoms with Gasteiger partial charge < -0.3 is 14.3 Å². The second-order valence-corrected chi connectivity index (χ2v) is 19.7. The lowest BCUT2D eigenvalue weighted by molar-refractivity contribution is -0.122. The summed E-state index contributed by atoms with van der Waals surface area (Å²) < 4.78 is 14.2. The SMILES string of the molecule is CC/C(=C\c1ccc(O)cc1)CC[C@H]1OC[C@H]2C1=C(CO[Si](c1ccccc1)(c1ccccc1)C(C)(C)C)C[C@H]1C(=O)N(c3ccccc3)C(=O)[C@H]12. The maximum Gasteiger partial charge on any atom is 0.261 e.